The van der Waals surface area contributed by atoms with Gasteiger partial charge in [-0.3, -0.25) is 29.4 Å². The van der Waals surface area contributed by atoms with Gasteiger partial charge in [0.15, 0.2) is 11.5 Å². The third kappa shape index (κ3) is 5.01. The van der Waals surface area contributed by atoms with E-state index >= 15 is 0 Å². The first kappa shape index (κ1) is 21.8. The Balaban J connectivity index is 1.79. The van der Waals surface area contributed by atoms with Crippen LogP contribution in [0.4, 0.5) is 10.5 Å². The summed E-state index contributed by atoms with van der Waals surface area (Å²) >= 11 is 0.703. The van der Waals surface area contributed by atoms with E-state index in [-0.39, 0.29) is 17.2 Å². The highest BCUT2D eigenvalue weighted by Crippen LogP contribution is 2.35. The number of thioether (sulfide) groups is 1. The molecule has 2 aromatic rings. The Morgan fingerprint density at radius 1 is 1.23 bits per heavy atom. The average molecular weight is 443 g/mol. The molecule has 31 heavy (non-hydrogen) atoms. The van der Waals surface area contributed by atoms with Gasteiger partial charge < -0.3 is 15.2 Å². The Kier molecular flexibility index (Phi) is 6.55. The predicted molar refractivity (Wildman–Crippen MR) is 112 cm³/mol. The number of nitro groups is 1. The minimum absolute atomic E-state index is 0.0428. The van der Waals surface area contributed by atoms with E-state index in [1.807, 2.05) is 0 Å². The van der Waals surface area contributed by atoms with Gasteiger partial charge in [-0.05, 0) is 41.6 Å². The van der Waals surface area contributed by atoms with Gasteiger partial charge in [-0.2, -0.15) is 0 Å². The maximum absolute atomic E-state index is 12.3. The summed E-state index contributed by atoms with van der Waals surface area (Å²) in [4.78, 5) is 46.8. The Morgan fingerprint density at radius 2 is 1.97 bits per heavy atom. The van der Waals surface area contributed by atoms with Gasteiger partial charge in [-0.25, -0.2) is 0 Å². The number of nitrogens with two attached hydrogens (primary N) is 1. The van der Waals surface area contributed by atoms with Crippen molar-refractivity contribution in [3.63, 3.8) is 0 Å². The molecule has 0 saturated carbocycles. The number of rotatable bonds is 8. The molecule has 0 bridgehead atoms. The van der Waals surface area contributed by atoms with Crippen LogP contribution in [0.2, 0.25) is 0 Å². The number of amides is 3. The molecule has 2 N–H and O–H groups in total. The zero-order chi connectivity index (χ0) is 22.5. The summed E-state index contributed by atoms with van der Waals surface area (Å²) < 4.78 is 11.0. The quantitative estimate of drug-likeness (QED) is 0.373. The fourth-order valence-corrected chi connectivity index (χ4v) is 3.64. The van der Waals surface area contributed by atoms with E-state index in [1.54, 1.807) is 36.4 Å². The summed E-state index contributed by atoms with van der Waals surface area (Å²) in [5.74, 6) is -0.710. The van der Waals surface area contributed by atoms with Gasteiger partial charge >= 0.3 is 0 Å². The van der Waals surface area contributed by atoms with Crippen LogP contribution < -0.4 is 15.2 Å². The molecule has 1 aliphatic heterocycles. The number of primary amides is 1. The lowest BCUT2D eigenvalue weighted by molar-refractivity contribution is -0.385. The van der Waals surface area contributed by atoms with Gasteiger partial charge in [0.1, 0.15) is 13.2 Å². The van der Waals surface area contributed by atoms with Crippen LogP contribution in [-0.4, -0.2) is 40.5 Å². The van der Waals surface area contributed by atoms with E-state index in [1.165, 1.54) is 19.3 Å². The molecule has 1 fully saturated rings. The van der Waals surface area contributed by atoms with Crippen LogP contribution in [-0.2, 0) is 16.2 Å². The number of imide groups is 1. The highest BCUT2D eigenvalue weighted by Gasteiger charge is 2.35. The smallest absolute Gasteiger partial charge is 0.294 e. The number of carbonyl (C=O) groups is 3. The van der Waals surface area contributed by atoms with E-state index in [2.05, 4.69) is 0 Å². The second-order valence-electron chi connectivity index (χ2n) is 6.32. The van der Waals surface area contributed by atoms with Gasteiger partial charge in [0, 0.05) is 6.07 Å². The molecule has 0 aliphatic carbocycles. The summed E-state index contributed by atoms with van der Waals surface area (Å²) in [7, 11) is 1.43. The van der Waals surface area contributed by atoms with Crippen LogP contribution in [0.25, 0.3) is 6.08 Å². The van der Waals surface area contributed by atoms with Crippen molar-refractivity contribution in [1.82, 2.24) is 4.90 Å². The third-order valence-corrected chi connectivity index (χ3v) is 5.15. The monoisotopic (exact) mass is 443 g/mol. The number of methoxy groups -OCH3 is 1. The Hall–Kier alpha value is -3.86. The fourth-order valence-electron chi connectivity index (χ4n) is 2.80. The summed E-state index contributed by atoms with van der Waals surface area (Å²) in [6, 6.07) is 11.1. The van der Waals surface area contributed by atoms with Crippen molar-refractivity contribution in [2.75, 3.05) is 13.7 Å². The predicted octanol–water partition coefficient (Wildman–Crippen LogP) is 2.70. The molecule has 160 valence electrons. The van der Waals surface area contributed by atoms with Crippen LogP contribution >= 0.6 is 11.8 Å². The summed E-state index contributed by atoms with van der Waals surface area (Å²) in [5.41, 5.74) is 5.97. The summed E-state index contributed by atoms with van der Waals surface area (Å²) in [6.07, 6.45) is 1.49. The van der Waals surface area contributed by atoms with Crippen LogP contribution in [0.5, 0.6) is 11.5 Å². The minimum Gasteiger partial charge on any atom is -0.493 e. The van der Waals surface area contributed by atoms with Crippen molar-refractivity contribution in [2.24, 2.45) is 5.73 Å². The van der Waals surface area contributed by atoms with Crippen molar-refractivity contribution in [3.05, 3.63) is 68.6 Å². The maximum atomic E-state index is 12.3. The molecule has 0 atom stereocenters. The first-order chi connectivity index (χ1) is 14.8. The lowest BCUT2D eigenvalue weighted by atomic mass is 10.1. The molecule has 1 saturated heterocycles. The zero-order valence-electron chi connectivity index (χ0n) is 16.3. The second-order valence-corrected chi connectivity index (χ2v) is 7.31. The minimum atomic E-state index is -0.787. The number of hydrogen-bond donors (Lipinski definition) is 1. The SMILES string of the molecule is COc1cc(/C=C2\SC(=O)N(CC(N)=O)C2=O)ccc1OCc1ccccc1[N+](=O)[O-]. The van der Waals surface area contributed by atoms with E-state index in [0.717, 1.165) is 4.90 Å². The normalized spacial score (nSPS) is 14.7. The first-order valence-corrected chi connectivity index (χ1v) is 9.68. The second kappa shape index (κ2) is 9.30. The van der Waals surface area contributed by atoms with E-state index < -0.39 is 28.5 Å². The number of hydrogen-bond acceptors (Lipinski definition) is 8. The number of nitro benzene ring substituents is 1. The van der Waals surface area contributed by atoms with Crippen LogP contribution in [0.3, 0.4) is 0 Å². The van der Waals surface area contributed by atoms with Gasteiger partial charge in [-0.15, -0.1) is 0 Å². The molecule has 2 aromatic carbocycles. The molecule has 11 heteroatoms. The Bertz CT molecular complexity index is 1100. The zero-order valence-corrected chi connectivity index (χ0v) is 17.1. The van der Waals surface area contributed by atoms with Gasteiger partial charge in [0.2, 0.25) is 5.91 Å². The molecule has 0 aromatic heterocycles. The molecule has 3 amide bonds. The summed E-state index contributed by atoms with van der Waals surface area (Å²) in [6.45, 7) is -0.525. The number of para-hydroxylation sites is 1. The van der Waals surface area contributed by atoms with Crippen molar-refractivity contribution in [2.45, 2.75) is 6.61 Å². The molecule has 10 nitrogen and oxygen atoms in total. The molecule has 1 aliphatic rings. The van der Waals surface area contributed by atoms with Crippen LogP contribution in [0, 0.1) is 10.1 Å². The van der Waals surface area contributed by atoms with Gasteiger partial charge in [0.25, 0.3) is 16.8 Å². The highest BCUT2D eigenvalue weighted by molar-refractivity contribution is 8.18. The fraction of sp³-hybridized carbons (Fsp3) is 0.150. The van der Waals surface area contributed by atoms with Crippen molar-refractivity contribution >= 4 is 40.6 Å². The highest BCUT2D eigenvalue weighted by atomic mass is 32.2. The van der Waals surface area contributed by atoms with E-state index in [4.69, 9.17) is 15.2 Å². The molecular weight excluding hydrogens is 426 g/mol. The molecule has 0 spiro atoms. The molecular formula is C20H17N3O7S. The van der Waals surface area contributed by atoms with Gasteiger partial charge in [0.05, 0.1) is 22.5 Å². The molecule has 1 heterocycles. The van der Waals surface area contributed by atoms with Crippen molar-refractivity contribution in [3.8, 4) is 11.5 Å². The molecule has 0 radical (unpaired) electrons. The Morgan fingerprint density at radius 3 is 2.65 bits per heavy atom. The number of benzene rings is 2. The summed E-state index contributed by atoms with van der Waals surface area (Å²) in [5, 5.41) is 10.6. The lowest BCUT2D eigenvalue weighted by Gasteiger charge is -2.12. The lowest BCUT2D eigenvalue weighted by Crippen LogP contribution is -2.36. The van der Waals surface area contributed by atoms with E-state index in [0.29, 0.717) is 34.4 Å². The van der Waals surface area contributed by atoms with Gasteiger partial charge in [-0.1, -0.05) is 18.2 Å². The van der Waals surface area contributed by atoms with Crippen LogP contribution in [0.15, 0.2) is 47.4 Å². The largest absolute Gasteiger partial charge is 0.493 e. The molecule has 0 unspecified atom stereocenters. The molecule has 3 rings (SSSR count). The standard InChI is InChI=1S/C20H17N3O7S/c1-29-16-8-12(9-17-19(25)22(10-18(21)24)20(26)31-17)6-7-15(16)30-11-13-4-2-3-5-14(13)23(27)28/h2-9H,10-11H2,1H3,(H2,21,24)/b17-9-. The number of ether oxygens (including phenoxy) is 2. The van der Waals surface area contributed by atoms with Crippen molar-refractivity contribution < 1.29 is 28.8 Å². The first-order valence-electron chi connectivity index (χ1n) is 8.87. The van der Waals surface area contributed by atoms with Crippen molar-refractivity contribution in [1.29, 1.82) is 0 Å². The average Bonchev–Trinajstić information content (AvgIpc) is 2.99. The van der Waals surface area contributed by atoms with Crippen LogP contribution in [0.1, 0.15) is 11.1 Å². The Labute approximate surface area is 180 Å². The van der Waals surface area contributed by atoms with E-state index in [9.17, 15) is 24.5 Å². The topological polar surface area (TPSA) is 142 Å². The number of carbonyl (C=O) groups excluding carboxylic acids is 3. The number of nitrogens with zero attached hydrogens (tertiary/aromatic N) is 2. The maximum Gasteiger partial charge on any atom is 0.294 e. The third-order valence-electron chi connectivity index (χ3n) is 4.24.